The summed E-state index contributed by atoms with van der Waals surface area (Å²) in [6.45, 7) is 7.02. The molecule has 122 valence electrons. The van der Waals surface area contributed by atoms with Gasteiger partial charge in [-0.15, -0.1) is 10.2 Å². The van der Waals surface area contributed by atoms with E-state index in [0.717, 1.165) is 37.1 Å². The summed E-state index contributed by atoms with van der Waals surface area (Å²) in [6.07, 6.45) is 3.24. The third-order valence-corrected chi connectivity index (χ3v) is 5.49. The van der Waals surface area contributed by atoms with Crippen LogP contribution in [0.15, 0.2) is 14.9 Å². The summed E-state index contributed by atoms with van der Waals surface area (Å²) < 4.78 is 11.4. The number of aromatic nitrogens is 2. The molecule has 2 atom stereocenters. The monoisotopic (exact) mass is 315 g/mol. The molecule has 2 fully saturated rings. The van der Waals surface area contributed by atoms with Crippen molar-refractivity contribution in [2.24, 2.45) is 5.92 Å². The predicted molar refractivity (Wildman–Crippen MR) is 82.1 cm³/mol. The summed E-state index contributed by atoms with van der Waals surface area (Å²) in [4.78, 5) is 14.7. The average Bonchev–Trinajstić information content (AvgIpc) is 3.22. The van der Waals surface area contributed by atoms with Crippen LogP contribution in [0, 0.1) is 26.7 Å². The zero-order chi connectivity index (χ0) is 16.2. The molecule has 0 bridgehead atoms. The summed E-state index contributed by atoms with van der Waals surface area (Å²) in [7, 11) is 0. The van der Waals surface area contributed by atoms with Crippen LogP contribution in [0.25, 0.3) is 0 Å². The molecule has 1 aliphatic carbocycles. The SMILES string of the molecule is Cc1nnc([C@]23CCC[C@H]2CN(C(=O)c2cc(C)c(C)o2)C3)o1. The van der Waals surface area contributed by atoms with Crippen LogP contribution in [0.4, 0.5) is 0 Å². The second-order valence-electron chi connectivity index (χ2n) is 6.91. The molecule has 1 saturated carbocycles. The normalized spacial score (nSPS) is 26.7. The van der Waals surface area contributed by atoms with E-state index in [-0.39, 0.29) is 11.3 Å². The molecular weight excluding hydrogens is 294 g/mol. The van der Waals surface area contributed by atoms with Crippen LogP contribution in [0.1, 0.15) is 52.9 Å². The van der Waals surface area contributed by atoms with E-state index in [0.29, 0.717) is 30.0 Å². The van der Waals surface area contributed by atoms with Crippen LogP contribution in [0.2, 0.25) is 0 Å². The molecule has 0 unspecified atom stereocenters. The van der Waals surface area contributed by atoms with Crippen LogP contribution < -0.4 is 0 Å². The Labute approximate surface area is 134 Å². The number of carbonyl (C=O) groups is 1. The predicted octanol–water partition coefficient (Wildman–Crippen LogP) is 2.78. The van der Waals surface area contributed by atoms with Crippen molar-refractivity contribution in [1.29, 1.82) is 0 Å². The molecule has 2 aromatic heterocycles. The molecule has 3 heterocycles. The molecule has 0 aromatic carbocycles. The van der Waals surface area contributed by atoms with E-state index >= 15 is 0 Å². The molecule has 4 rings (SSSR count). The van der Waals surface area contributed by atoms with Gasteiger partial charge in [0.25, 0.3) is 5.91 Å². The van der Waals surface area contributed by atoms with Crippen molar-refractivity contribution in [1.82, 2.24) is 15.1 Å². The largest absolute Gasteiger partial charge is 0.456 e. The van der Waals surface area contributed by atoms with Crippen molar-refractivity contribution < 1.29 is 13.6 Å². The average molecular weight is 315 g/mol. The number of aryl methyl sites for hydroxylation is 3. The molecule has 23 heavy (non-hydrogen) atoms. The maximum Gasteiger partial charge on any atom is 0.289 e. The molecule has 0 spiro atoms. The molecule has 1 saturated heterocycles. The van der Waals surface area contributed by atoms with E-state index in [1.165, 1.54) is 0 Å². The Balaban J connectivity index is 1.63. The Kier molecular flexibility index (Phi) is 3.11. The van der Waals surface area contributed by atoms with Crippen LogP contribution in [0.3, 0.4) is 0 Å². The van der Waals surface area contributed by atoms with Crippen molar-refractivity contribution in [3.8, 4) is 0 Å². The Hall–Kier alpha value is -2.11. The maximum absolute atomic E-state index is 12.8. The second-order valence-corrected chi connectivity index (χ2v) is 6.91. The topological polar surface area (TPSA) is 72.4 Å². The highest BCUT2D eigenvalue weighted by Gasteiger charge is 2.55. The van der Waals surface area contributed by atoms with Gasteiger partial charge in [0.1, 0.15) is 5.76 Å². The van der Waals surface area contributed by atoms with E-state index in [1.807, 2.05) is 31.7 Å². The molecular formula is C17H21N3O3. The number of carbonyl (C=O) groups excluding carboxylic acids is 1. The first-order valence-corrected chi connectivity index (χ1v) is 8.16. The smallest absolute Gasteiger partial charge is 0.289 e. The highest BCUT2D eigenvalue weighted by Crippen LogP contribution is 2.50. The fourth-order valence-electron chi connectivity index (χ4n) is 4.13. The van der Waals surface area contributed by atoms with Crippen LogP contribution in [0.5, 0.6) is 0 Å². The number of likely N-dealkylation sites (tertiary alicyclic amines) is 1. The van der Waals surface area contributed by atoms with Gasteiger partial charge >= 0.3 is 0 Å². The van der Waals surface area contributed by atoms with Crippen LogP contribution >= 0.6 is 0 Å². The van der Waals surface area contributed by atoms with E-state index in [1.54, 1.807) is 0 Å². The number of rotatable bonds is 2. The molecule has 6 heteroatoms. The van der Waals surface area contributed by atoms with Gasteiger partial charge < -0.3 is 13.7 Å². The van der Waals surface area contributed by atoms with Crippen LogP contribution in [-0.2, 0) is 5.41 Å². The van der Waals surface area contributed by atoms with E-state index < -0.39 is 0 Å². The molecule has 0 N–H and O–H groups in total. The Morgan fingerprint density at radius 2 is 2.13 bits per heavy atom. The van der Waals surface area contributed by atoms with E-state index in [9.17, 15) is 4.79 Å². The molecule has 1 aliphatic heterocycles. The lowest BCUT2D eigenvalue weighted by Gasteiger charge is -2.24. The molecule has 1 amide bonds. The minimum atomic E-state index is -0.173. The van der Waals surface area contributed by atoms with Gasteiger partial charge in [-0.05, 0) is 44.2 Å². The highest BCUT2D eigenvalue weighted by atomic mass is 16.4. The van der Waals surface area contributed by atoms with Gasteiger partial charge in [0, 0.05) is 20.0 Å². The molecule has 0 radical (unpaired) electrons. The van der Waals surface area contributed by atoms with Gasteiger partial charge in [-0.2, -0.15) is 0 Å². The minimum absolute atomic E-state index is 0.0359. The van der Waals surface area contributed by atoms with Gasteiger partial charge in [-0.1, -0.05) is 6.42 Å². The number of amides is 1. The molecule has 6 nitrogen and oxygen atoms in total. The molecule has 2 aliphatic rings. The standard InChI is InChI=1S/C17H21N3O3/c1-10-7-14(22-11(10)2)15(21)20-8-13-5-4-6-17(13,9-20)16-19-18-12(3)23-16/h7,13H,4-6,8-9H2,1-3H3/t13-,17-/m0/s1. The number of hydrogen-bond donors (Lipinski definition) is 0. The maximum atomic E-state index is 12.8. The van der Waals surface area contributed by atoms with Crippen molar-refractivity contribution in [3.63, 3.8) is 0 Å². The zero-order valence-corrected chi connectivity index (χ0v) is 13.8. The Morgan fingerprint density at radius 3 is 2.78 bits per heavy atom. The van der Waals surface area contributed by atoms with Gasteiger partial charge in [0.15, 0.2) is 5.76 Å². The third kappa shape index (κ3) is 2.11. The number of furan rings is 1. The van der Waals surface area contributed by atoms with Crippen molar-refractivity contribution in [2.75, 3.05) is 13.1 Å². The minimum Gasteiger partial charge on any atom is -0.456 e. The summed E-state index contributed by atoms with van der Waals surface area (Å²) in [6, 6.07) is 1.83. The lowest BCUT2D eigenvalue weighted by atomic mass is 9.80. The van der Waals surface area contributed by atoms with Gasteiger partial charge in [0.05, 0.1) is 5.41 Å². The lowest BCUT2D eigenvalue weighted by molar-refractivity contribution is 0.0742. The second kappa shape index (κ2) is 4.94. The Bertz CT molecular complexity index is 743. The lowest BCUT2D eigenvalue weighted by Crippen LogP contribution is -2.34. The number of hydrogen-bond acceptors (Lipinski definition) is 5. The van der Waals surface area contributed by atoms with E-state index in [2.05, 4.69) is 10.2 Å². The van der Waals surface area contributed by atoms with Crippen molar-refractivity contribution in [2.45, 2.75) is 45.4 Å². The van der Waals surface area contributed by atoms with Gasteiger partial charge in [0.2, 0.25) is 11.8 Å². The summed E-state index contributed by atoms with van der Waals surface area (Å²) in [5.74, 6) is 2.86. The fourth-order valence-corrected chi connectivity index (χ4v) is 4.13. The third-order valence-electron chi connectivity index (χ3n) is 5.49. The fraction of sp³-hybridized carbons (Fsp3) is 0.588. The summed E-state index contributed by atoms with van der Waals surface area (Å²) >= 11 is 0. The summed E-state index contributed by atoms with van der Waals surface area (Å²) in [5.41, 5.74) is 0.836. The zero-order valence-electron chi connectivity index (χ0n) is 13.8. The Morgan fingerprint density at radius 1 is 1.30 bits per heavy atom. The van der Waals surface area contributed by atoms with Gasteiger partial charge in [-0.3, -0.25) is 4.79 Å². The first-order chi connectivity index (χ1) is 11.0. The quantitative estimate of drug-likeness (QED) is 0.852. The van der Waals surface area contributed by atoms with Crippen molar-refractivity contribution >= 4 is 5.91 Å². The molecule has 2 aromatic rings. The summed E-state index contributed by atoms with van der Waals surface area (Å²) in [5, 5.41) is 8.26. The first-order valence-electron chi connectivity index (χ1n) is 8.16. The first kappa shape index (κ1) is 14.5. The number of fused-ring (bicyclic) bond motifs is 1. The van der Waals surface area contributed by atoms with Crippen LogP contribution in [-0.4, -0.2) is 34.1 Å². The van der Waals surface area contributed by atoms with Crippen molar-refractivity contribution in [3.05, 3.63) is 34.9 Å². The van der Waals surface area contributed by atoms with Gasteiger partial charge in [-0.25, -0.2) is 0 Å². The highest BCUT2D eigenvalue weighted by molar-refractivity contribution is 5.92. The number of nitrogens with zero attached hydrogens (tertiary/aromatic N) is 3. The van der Waals surface area contributed by atoms with E-state index in [4.69, 9.17) is 8.83 Å².